The number of carbonyl (C=O) groups excluding carboxylic acids is 4. The second-order valence-corrected chi connectivity index (χ2v) is 12.2. The predicted molar refractivity (Wildman–Crippen MR) is 165 cm³/mol. The van der Waals surface area contributed by atoms with E-state index in [-0.39, 0.29) is 35.8 Å². The number of benzene rings is 3. The van der Waals surface area contributed by atoms with E-state index in [0.717, 1.165) is 11.1 Å². The van der Waals surface area contributed by atoms with Crippen LogP contribution in [0.1, 0.15) is 36.8 Å². The molecule has 0 aromatic heterocycles. The summed E-state index contributed by atoms with van der Waals surface area (Å²) in [5, 5.41) is 10.3. The molecule has 8 nitrogen and oxygen atoms in total. The van der Waals surface area contributed by atoms with Crippen molar-refractivity contribution in [2.24, 2.45) is 29.1 Å². The van der Waals surface area contributed by atoms with Gasteiger partial charge in [-0.05, 0) is 61.6 Å². The summed E-state index contributed by atoms with van der Waals surface area (Å²) in [5.41, 5.74) is 2.18. The number of allylic oxidation sites excluding steroid dienone is 2. The smallest absolute Gasteiger partial charge is 0.241 e. The van der Waals surface area contributed by atoms with E-state index in [4.69, 9.17) is 4.74 Å². The number of carbonyl (C=O) groups is 4. The predicted octanol–water partition coefficient (Wildman–Crippen LogP) is 5.48. The fourth-order valence-electron chi connectivity index (χ4n) is 8.13. The second kappa shape index (κ2) is 10.0. The Morgan fingerprint density at radius 1 is 0.886 bits per heavy atom. The molecule has 2 heterocycles. The van der Waals surface area contributed by atoms with Crippen molar-refractivity contribution in [1.29, 1.82) is 0 Å². The molecule has 4 amide bonds. The lowest BCUT2D eigenvalue weighted by Gasteiger charge is -2.49. The number of amides is 4. The summed E-state index contributed by atoms with van der Waals surface area (Å²) >= 11 is 0. The Hall–Kier alpha value is -4.98. The first-order valence-electron chi connectivity index (χ1n) is 14.8. The highest BCUT2D eigenvalue weighted by molar-refractivity contribution is 6.25. The number of phenolic OH excluding ortho intramolecular Hbond substituents is 1. The molecule has 3 aromatic rings. The molecule has 1 N–H and O–H groups in total. The van der Waals surface area contributed by atoms with E-state index in [1.54, 1.807) is 54.6 Å². The molecule has 4 aliphatic rings. The number of nitrogens with zero attached hydrogens (tertiary/aromatic N) is 2. The summed E-state index contributed by atoms with van der Waals surface area (Å²) in [4.78, 5) is 59.3. The number of para-hydroxylation sites is 1. The van der Waals surface area contributed by atoms with Crippen LogP contribution in [0.5, 0.6) is 11.5 Å². The molecule has 6 unspecified atom stereocenters. The van der Waals surface area contributed by atoms with E-state index in [1.807, 2.05) is 31.2 Å². The van der Waals surface area contributed by atoms with E-state index >= 15 is 0 Å². The lowest BCUT2D eigenvalue weighted by molar-refractivity contribution is -0.131. The maximum Gasteiger partial charge on any atom is 0.241 e. The Morgan fingerprint density at radius 3 is 2.27 bits per heavy atom. The average Bonchev–Trinajstić information content (AvgIpc) is 3.41. The minimum atomic E-state index is -1.20. The van der Waals surface area contributed by atoms with Crippen molar-refractivity contribution >= 4 is 41.1 Å². The molecule has 2 aliphatic carbocycles. The van der Waals surface area contributed by atoms with E-state index in [2.05, 4.69) is 6.58 Å². The van der Waals surface area contributed by atoms with E-state index in [1.165, 1.54) is 23.0 Å². The maximum atomic E-state index is 14.5. The molecular formula is C36H32N2O6. The Labute approximate surface area is 255 Å². The second-order valence-electron chi connectivity index (χ2n) is 12.2. The Kier molecular flexibility index (Phi) is 6.35. The zero-order valence-corrected chi connectivity index (χ0v) is 24.5. The van der Waals surface area contributed by atoms with Crippen LogP contribution in [-0.4, -0.2) is 35.8 Å². The summed E-state index contributed by atoms with van der Waals surface area (Å²) in [6, 6.07) is 20.8. The lowest BCUT2D eigenvalue weighted by Crippen LogP contribution is -2.49. The molecule has 3 fully saturated rings. The van der Waals surface area contributed by atoms with Gasteiger partial charge in [0, 0.05) is 17.5 Å². The number of rotatable bonds is 5. The molecule has 222 valence electrons. The molecule has 2 aliphatic heterocycles. The number of aromatic hydroxyl groups is 1. The summed E-state index contributed by atoms with van der Waals surface area (Å²) < 4.78 is 5.71. The summed E-state index contributed by atoms with van der Waals surface area (Å²) in [7, 11) is 1.50. The van der Waals surface area contributed by atoms with Crippen molar-refractivity contribution in [3.63, 3.8) is 0 Å². The van der Waals surface area contributed by atoms with Crippen LogP contribution >= 0.6 is 0 Å². The average molecular weight is 589 g/mol. The number of hydrogen-bond acceptors (Lipinski definition) is 6. The van der Waals surface area contributed by atoms with Crippen molar-refractivity contribution < 1.29 is 29.0 Å². The first-order valence-corrected chi connectivity index (χ1v) is 14.8. The third-order valence-corrected chi connectivity index (χ3v) is 10.2. The number of phenols is 1. The highest BCUT2D eigenvalue weighted by atomic mass is 16.5. The van der Waals surface area contributed by atoms with Crippen LogP contribution < -0.4 is 14.5 Å². The van der Waals surface area contributed by atoms with Gasteiger partial charge in [-0.3, -0.25) is 24.1 Å². The Morgan fingerprint density at radius 2 is 1.59 bits per heavy atom. The van der Waals surface area contributed by atoms with Gasteiger partial charge in [0.2, 0.25) is 23.6 Å². The highest BCUT2D eigenvalue weighted by Crippen LogP contribution is 2.64. The molecule has 7 rings (SSSR count). The standard InChI is InChI=1S/C36H32N2O6/c1-4-20-10-12-22(13-11-20)37-32(40)26-17-16-24-27(30(26)34(37)42)19-28-33(41)38(21-8-6-5-7-9-21)35(43)36(28,2)31(24)25-15-14-23(39)18-29(25)44-3/h4-16,18,26-28,30-31,39H,1,17,19H2,2-3H3. The van der Waals surface area contributed by atoms with Crippen LogP contribution in [0.25, 0.3) is 6.08 Å². The van der Waals surface area contributed by atoms with Crippen molar-refractivity contribution in [2.75, 3.05) is 16.9 Å². The van der Waals surface area contributed by atoms with Gasteiger partial charge < -0.3 is 9.84 Å². The molecule has 0 bridgehead atoms. The highest BCUT2D eigenvalue weighted by Gasteiger charge is 2.68. The molecule has 6 atom stereocenters. The van der Waals surface area contributed by atoms with Crippen LogP contribution in [0.15, 0.2) is 91.0 Å². The van der Waals surface area contributed by atoms with Crippen molar-refractivity contribution in [3.05, 3.63) is 102 Å². The lowest BCUT2D eigenvalue weighted by atomic mass is 9.51. The molecule has 1 saturated carbocycles. The SMILES string of the molecule is C=Cc1ccc(N2C(=O)C3CC=C4C(CC5C(=O)N(c6ccccc6)C(=O)C5(C)C4c4ccc(O)cc4OC)C3C2=O)cc1. The number of ether oxygens (including phenoxy) is 1. The van der Waals surface area contributed by atoms with Gasteiger partial charge in [-0.25, -0.2) is 4.90 Å². The van der Waals surface area contributed by atoms with Gasteiger partial charge in [0.15, 0.2) is 0 Å². The van der Waals surface area contributed by atoms with Gasteiger partial charge in [-0.1, -0.05) is 60.7 Å². The number of hydrogen-bond donors (Lipinski definition) is 1. The van der Waals surface area contributed by atoms with Crippen LogP contribution in [-0.2, 0) is 19.2 Å². The summed E-state index contributed by atoms with van der Waals surface area (Å²) in [6.45, 7) is 5.61. The third-order valence-electron chi connectivity index (χ3n) is 10.2. The first-order chi connectivity index (χ1) is 21.2. The van der Waals surface area contributed by atoms with Crippen molar-refractivity contribution in [1.82, 2.24) is 0 Å². The number of fused-ring (bicyclic) bond motifs is 4. The summed E-state index contributed by atoms with van der Waals surface area (Å²) in [6.07, 6.45) is 4.30. The van der Waals surface area contributed by atoms with Gasteiger partial charge in [-0.2, -0.15) is 0 Å². The molecule has 8 heteroatoms. The monoisotopic (exact) mass is 588 g/mol. The molecule has 44 heavy (non-hydrogen) atoms. The van der Waals surface area contributed by atoms with Gasteiger partial charge in [0.05, 0.1) is 41.7 Å². The largest absolute Gasteiger partial charge is 0.508 e. The van der Waals surface area contributed by atoms with Crippen LogP contribution in [0.2, 0.25) is 0 Å². The molecule has 0 spiro atoms. The van der Waals surface area contributed by atoms with Crippen LogP contribution in [0.3, 0.4) is 0 Å². The molecule has 0 radical (unpaired) electrons. The zero-order valence-electron chi connectivity index (χ0n) is 24.5. The fourth-order valence-corrected chi connectivity index (χ4v) is 8.13. The van der Waals surface area contributed by atoms with Gasteiger partial charge in [-0.15, -0.1) is 0 Å². The molecule has 3 aromatic carbocycles. The van der Waals surface area contributed by atoms with Gasteiger partial charge in [0.1, 0.15) is 11.5 Å². The van der Waals surface area contributed by atoms with Gasteiger partial charge >= 0.3 is 0 Å². The Balaban J connectivity index is 1.37. The fraction of sp³-hybridized carbons (Fsp3) is 0.278. The van der Waals surface area contributed by atoms with Crippen molar-refractivity contribution in [3.8, 4) is 11.5 Å². The molecule has 2 saturated heterocycles. The number of imide groups is 2. The first kappa shape index (κ1) is 27.8. The number of anilines is 2. The molecular weight excluding hydrogens is 556 g/mol. The third kappa shape index (κ3) is 3.76. The normalized spacial score (nSPS) is 29.2. The van der Waals surface area contributed by atoms with E-state index < -0.39 is 35.0 Å². The van der Waals surface area contributed by atoms with Crippen LogP contribution in [0.4, 0.5) is 11.4 Å². The van der Waals surface area contributed by atoms with E-state index in [9.17, 15) is 24.3 Å². The minimum Gasteiger partial charge on any atom is -0.508 e. The maximum absolute atomic E-state index is 14.5. The van der Waals surface area contributed by atoms with Gasteiger partial charge in [0.25, 0.3) is 0 Å². The van der Waals surface area contributed by atoms with Crippen molar-refractivity contribution in [2.45, 2.75) is 25.7 Å². The topological polar surface area (TPSA) is 104 Å². The van der Waals surface area contributed by atoms with Crippen LogP contribution in [0, 0.1) is 29.1 Å². The Bertz CT molecular complexity index is 1760. The van der Waals surface area contributed by atoms with E-state index in [0.29, 0.717) is 29.1 Å². The minimum absolute atomic E-state index is 0.00627. The summed E-state index contributed by atoms with van der Waals surface area (Å²) in [5.74, 6) is -3.87. The quantitative estimate of drug-likeness (QED) is 0.313. The number of methoxy groups -OCH3 is 1. The zero-order chi connectivity index (χ0) is 30.9.